The monoisotopic (exact) mass is 288 g/mol. The fourth-order valence-electron chi connectivity index (χ4n) is 1.94. The number of nitrogens with one attached hydrogen (secondary N) is 1. The summed E-state index contributed by atoms with van der Waals surface area (Å²) in [4.78, 5) is 8.58. The first-order valence-electron chi connectivity index (χ1n) is 6.78. The van der Waals surface area contributed by atoms with E-state index in [1.807, 2.05) is 32.0 Å². The SMILES string of the molecule is CCOc1ccc(Nc2nc(C)cc(OC)n2)cc1CN. The molecule has 1 aromatic heterocycles. The minimum absolute atomic E-state index is 0.406. The Bertz CT molecular complexity index is 617. The van der Waals surface area contributed by atoms with Crippen molar-refractivity contribution in [3.63, 3.8) is 0 Å². The highest BCUT2D eigenvalue weighted by Gasteiger charge is 2.06. The molecule has 0 saturated carbocycles. The van der Waals surface area contributed by atoms with Crippen molar-refractivity contribution in [1.29, 1.82) is 0 Å². The average molecular weight is 288 g/mol. The summed E-state index contributed by atoms with van der Waals surface area (Å²) in [5, 5.41) is 3.15. The number of benzene rings is 1. The smallest absolute Gasteiger partial charge is 0.230 e. The molecule has 0 aliphatic rings. The lowest BCUT2D eigenvalue weighted by atomic mass is 10.2. The third kappa shape index (κ3) is 3.82. The summed E-state index contributed by atoms with van der Waals surface area (Å²) in [7, 11) is 1.58. The van der Waals surface area contributed by atoms with E-state index in [1.54, 1.807) is 13.2 Å². The topological polar surface area (TPSA) is 82.3 Å². The van der Waals surface area contributed by atoms with Gasteiger partial charge in [0, 0.05) is 29.6 Å². The van der Waals surface area contributed by atoms with Gasteiger partial charge in [-0.05, 0) is 32.0 Å². The van der Waals surface area contributed by atoms with Crippen LogP contribution in [0.2, 0.25) is 0 Å². The molecule has 1 aromatic carbocycles. The highest BCUT2D eigenvalue weighted by atomic mass is 16.5. The number of nitrogens with zero attached hydrogens (tertiary/aromatic N) is 2. The predicted octanol–water partition coefficient (Wildman–Crippen LogP) is 2.39. The van der Waals surface area contributed by atoms with E-state index in [0.29, 0.717) is 25.0 Å². The minimum atomic E-state index is 0.406. The summed E-state index contributed by atoms with van der Waals surface area (Å²) in [6, 6.07) is 7.50. The Labute approximate surface area is 124 Å². The fraction of sp³-hybridized carbons (Fsp3) is 0.333. The third-order valence-corrected chi connectivity index (χ3v) is 2.88. The van der Waals surface area contributed by atoms with E-state index < -0.39 is 0 Å². The van der Waals surface area contributed by atoms with Crippen LogP contribution in [0.3, 0.4) is 0 Å². The molecular formula is C15H20N4O2. The Morgan fingerprint density at radius 3 is 2.71 bits per heavy atom. The Balaban J connectivity index is 2.25. The molecule has 0 spiro atoms. The molecule has 0 bridgehead atoms. The highest BCUT2D eigenvalue weighted by molar-refractivity contribution is 5.57. The first kappa shape index (κ1) is 15.1. The van der Waals surface area contributed by atoms with Crippen molar-refractivity contribution in [2.75, 3.05) is 19.0 Å². The Kier molecular flexibility index (Phi) is 4.94. The summed E-state index contributed by atoms with van der Waals surface area (Å²) >= 11 is 0. The second-order valence-corrected chi connectivity index (χ2v) is 4.46. The minimum Gasteiger partial charge on any atom is -0.494 e. The lowest BCUT2D eigenvalue weighted by Gasteiger charge is -2.12. The van der Waals surface area contributed by atoms with Crippen molar-refractivity contribution in [2.24, 2.45) is 5.73 Å². The van der Waals surface area contributed by atoms with E-state index in [9.17, 15) is 0 Å². The van der Waals surface area contributed by atoms with E-state index in [1.165, 1.54) is 0 Å². The molecule has 0 fully saturated rings. The normalized spacial score (nSPS) is 10.3. The van der Waals surface area contributed by atoms with Crippen LogP contribution >= 0.6 is 0 Å². The van der Waals surface area contributed by atoms with Crippen molar-refractivity contribution < 1.29 is 9.47 Å². The van der Waals surface area contributed by atoms with E-state index in [2.05, 4.69) is 15.3 Å². The summed E-state index contributed by atoms with van der Waals surface area (Å²) < 4.78 is 10.7. The molecule has 3 N–H and O–H groups in total. The number of ether oxygens (including phenoxy) is 2. The molecule has 1 heterocycles. The van der Waals surface area contributed by atoms with Gasteiger partial charge in [0.2, 0.25) is 11.8 Å². The van der Waals surface area contributed by atoms with Gasteiger partial charge in [-0.15, -0.1) is 0 Å². The van der Waals surface area contributed by atoms with E-state index in [4.69, 9.17) is 15.2 Å². The van der Waals surface area contributed by atoms with Crippen LogP contribution in [0.5, 0.6) is 11.6 Å². The number of anilines is 2. The van der Waals surface area contributed by atoms with Gasteiger partial charge in [-0.25, -0.2) is 4.98 Å². The van der Waals surface area contributed by atoms with Crippen LogP contribution in [0.15, 0.2) is 24.3 Å². The molecular weight excluding hydrogens is 268 g/mol. The molecule has 21 heavy (non-hydrogen) atoms. The molecule has 6 heteroatoms. The van der Waals surface area contributed by atoms with Gasteiger partial charge in [-0.1, -0.05) is 0 Å². The molecule has 0 radical (unpaired) electrons. The zero-order chi connectivity index (χ0) is 15.2. The lowest BCUT2D eigenvalue weighted by Crippen LogP contribution is -2.04. The molecule has 2 aromatic rings. The van der Waals surface area contributed by atoms with Crippen LogP contribution in [0.1, 0.15) is 18.2 Å². The fourth-order valence-corrected chi connectivity index (χ4v) is 1.94. The summed E-state index contributed by atoms with van der Waals surface area (Å²) in [5.74, 6) is 1.81. The lowest BCUT2D eigenvalue weighted by molar-refractivity contribution is 0.336. The van der Waals surface area contributed by atoms with Crippen LogP contribution in [0.4, 0.5) is 11.6 Å². The van der Waals surface area contributed by atoms with Gasteiger partial charge in [0.25, 0.3) is 0 Å². The number of rotatable bonds is 6. The van der Waals surface area contributed by atoms with Gasteiger partial charge in [-0.3, -0.25) is 0 Å². The van der Waals surface area contributed by atoms with Crippen molar-refractivity contribution in [2.45, 2.75) is 20.4 Å². The van der Waals surface area contributed by atoms with Crippen LogP contribution < -0.4 is 20.5 Å². The van der Waals surface area contributed by atoms with Gasteiger partial charge in [0.15, 0.2) is 0 Å². The first-order chi connectivity index (χ1) is 10.2. The second kappa shape index (κ2) is 6.90. The molecule has 6 nitrogen and oxygen atoms in total. The maximum absolute atomic E-state index is 5.75. The Morgan fingerprint density at radius 2 is 2.05 bits per heavy atom. The number of aryl methyl sites for hydroxylation is 1. The Hall–Kier alpha value is -2.34. The number of nitrogens with two attached hydrogens (primary N) is 1. The molecule has 0 atom stereocenters. The van der Waals surface area contributed by atoms with E-state index in [-0.39, 0.29) is 0 Å². The predicted molar refractivity (Wildman–Crippen MR) is 82.1 cm³/mol. The van der Waals surface area contributed by atoms with Gasteiger partial charge in [0.1, 0.15) is 5.75 Å². The van der Waals surface area contributed by atoms with Gasteiger partial charge < -0.3 is 20.5 Å². The molecule has 2 rings (SSSR count). The molecule has 0 unspecified atom stereocenters. The summed E-state index contributed by atoms with van der Waals surface area (Å²) in [6.45, 7) is 4.85. The van der Waals surface area contributed by atoms with E-state index >= 15 is 0 Å². The molecule has 0 saturated heterocycles. The van der Waals surface area contributed by atoms with Crippen LogP contribution in [0.25, 0.3) is 0 Å². The molecule has 0 aliphatic carbocycles. The van der Waals surface area contributed by atoms with Crippen LogP contribution in [0, 0.1) is 6.92 Å². The number of methoxy groups -OCH3 is 1. The Morgan fingerprint density at radius 1 is 1.24 bits per heavy atom. The molecule has 112 valence electrons. The van der Waals surface area contributed by atoms with Gasteiger partial charge in [-0.2, -0.15) is 4.98 Å². The second-order valence-electron chi connectivity index (χ2n) is 4.46. The number of hydrogen-bond acceptors (Lipinski definition) is 6. The number of aromatic nitrogens is 2. The van der Waals surface area contributed by atoms with Gasteiger partial charge >= 0.3 is 0 Å². The first-order valence-corrected chi connectivity index (χ1v) is 6.78. The quantitative estimate of drug-likeness (QED) is 0.849. The third-order valence-electron chi connectivity index (χ3n) is 2.88. The van der Waals surface area contributed by atoms with Crippen molar-refractivity contribution in [1.82, 2.24) is 9.97 Å². The highest BCUT2D eigenvalue weighted by Crippen LogP contribution is 2.24. The van der Waals surface area contributed by atoms with Gasteiger partial charge in [0.05, 0.1) is 13.7 Å². The molecule has 0 aliphatic heterocycles. The van der Waals surface area contributed by atoms with E-state index in [0.717, 1.165) is 22.7 Å². The van der Waals surface area contributed by atoms with Crippen molar-refractivity contribution in [3.05, 3.63) is 35.5 Å². The van der Waals surface area contributed by atoms with Crippen molar-refractivity contribution >= 4 is 11.6 Å². The van der Waals surface area contributed by atoms with Crippen LogP contribution in [-0.4, -0.2) is 23.7 Å². The maximum atomic E-state index is 5.75. The maximum Gasteiger partial charge on any atom is 0.230 e. The standard InChI is InChI=1S/C15H20N4O2/c1-4-21-13-6-5-12(8-11(13)9-16)18-15-17-10(2)7-14(19-15)20-3/h5-8H,4,9,16H2,1-3H3,(H,17,18,19). The average Bonchev–Trinajstić information content (AvgIpc) is 2.48. The summed E-state index contributed by atoms with van der Waals surface area (Å²) in [6.07, 6.45) is 0. The molecule has 0 amide bonds. The van der Waals surface area contributed by atoms with Crippen molar-refractivity contribution in [3.8, 4) is 11.6 Å². The number of hydrogen-bond donors (Lipinski definition) is 2. The zero-order valence-corrected chi connectivity index (χ0v) is 12.5. The largest absolute Gasteiger partial charge is 0.494 e. The summed E-state index contributed by atoms with van der Waals surface area (Å²) in [5.41, 5.74) is 8.37. The van der Waals surface area contributed by atoms with Crippen LogP contribution in [-0.2, 0) is 6.54 Å². The zero-order valence-electron chi connectivity index (χ0n) is 12.5.